The van der Waals surface area contributed by atoms with Crippen molar-refractivity contribution in [2.24, 2.45) is 0 Å². The molecule has 6 rings (SSSR count). The Morgan fingerprint density at radius 3 is 2.71 bits per heavy atom. The molecule has 0 bridgehead atoms. The van der Waals surface area contributed by atoms with Crippen molar-refractivity contribution in [3.63, 3.8) is 0 Å². The minimum absolute atomic E-state index is 0.252. The lowest BCUT2D eigenvalue weighted by Gasteiger charge is -2.21. The van der Waals surface area contributed by atoms with Crippen LogP contribution in [-0.4, -0.2) is 47.9 Å². The van der Waals surface area contributed by atoms with Gasteiger partial charge in [-0.05, 0) is 49.4 Å². The van der Waals surface area contributed by atoms with Crippen molar-refractivity contribution in [2.75, 3.05) is 26.5 Å². The predicted octanol–water partition coefficient (Wildman–Crippen LogP) is 6.01. The average molecular weight is 566 g/mol. The van der Waals surface area contributed by atoms with Gasteiger partial charge >= 0.3 is 0 Å². The van der Waals surface area contributed by atoms with E-state index in [2.05, 4.69) is 10.6 Å². The number of nitrogens with one attached hydrogen (secondary N) is 2. The smallest absolute Gasteiger partial charge is 0.255 e. The number of nitrogens with zero attached hydrogens (tertiary/aromatic N) is 3. The number of anilines is 1. The molecule has 0 aliphatic carbocycles. The Kier molecular flexibility index (Phi) is 6.74. The molecular formula is C32H28FN5O4. The third kappa shape index (κ3) is 4.28. The van der Waals surface area contributed by atoms with Gasteiger partial charge in [-0.25, -0.2) is 9.37 Å². The number of hydrogen-bond acceptors (Lipinski definition) is 6. The summed E-state index contributed by atoms with van der Waals surface area (Å²) in [5.74, 6) is 0.352. The van der Waals surface area contributed by atoms with Crippen molar-refractivity contribution in [3.8, 4) is 28.4 Å². The Balaban J connectivity index is 1.54. The number of fused-ring (bicyclic) bond motifs is 6. The van der Waals surface area contributed by atoms with Crippen molar-refractivity contribution < 1.29 is 23.1 Å². The molecule has 0 radical (unpaired) electrons. The molecular weight excluding hydrogens is 537 g/mol. The molecule has 3 aromatic heterocycles. The molecule has 2 N–H and O–H groups in total. The van der Waals surface area contributed by atoms with E-state index in [4.69, 9.17) is 14.1 Å². The van der Waals surface area contributed by atoms with Crippen LogP contribution < -0.4 is 15.4 Å². The fourth-order valence-electron chi connectivity index (χ4n) is 5.27. The van der Waals surface area contributed by atoms with Crippen LogP contribution in [0.25, 0.3) is 50.1 Å². The SMILES string of the molecule is C/C=C(\C=C/N(C)C=O)c1oc2cc(NC)c(-c3ccc4c(n3)-c3cc5c(F)cccc5n3CO4)cc2c1C(=O)NC. The third-order valence-electron chi connectivity index (χ3n) is 7.40. The molecule has 0 saturated heterocycles. The van der Waals surface area contributed by atoms with Gasteiger partial charge in [-0.15, -0.1) is 0 Å². The Labute approximate surface area is 240 Å². The summed E-state index contributed by atoms with van der Waals surface area (Å²) in [5.41, 5.74) is 5.69. The van der Waals surface area contributed by atoms with Gasteiger partial charge in [-0.3, -0.25) is 9.59 Å². The van der Waals surface area contributed by atoms with Crippen molar-refractivity contribution in [1.29, 1.82) is 0 Å². The van der Waals surface area contributed by atoms with Gasteiger partial charge in [0, 0.05) is 61.0 Å². The van der Waals surface area contributed by atoms with Gasteiger partial charge < -0.3 is 29.3 Å². The normalized spacial score (nSPS) is 12.7. The van der Waals surface area contributed by atoms with E-state index in [1.165, 1.54) is 11.0 Å². The van der Waals surface area contributed by atoms with Gasteiger partial charge in [-0.1, -0.05) is 12.1 Å². The molecule has 0 saturated carbocycles. The maximum Gasteiger partial charge on any atom is 0.255 e. The minimum atomic E-state index is -0.318. The Hall–Kier alpha value is -5.38. The standard InChI is InChI=1S/C32H28FN5O4/c1-5-18(11-12-37(4)16-39)31-29(32(40)35-3)21-13-20(24(34-2)15-28(21)42-31)23-9-10-27-30(36-23)26-14-19-22(33)7-6-8-25(19)38(26)17-41-27/h5-16,34H,17H2,1-4H3,(H,35,40)/b12-11-,18-5+. The number of rotatable bonds is 7. The van der Waals surface area contributed by atoms with Crippen LogP contribution in [0.3, 0.4) is 0 Å². The summed E-state index contributed by atoms with van der Waals surface area (Å²) in [7, 11) is 4.98. The molecule has 212 valence electrons. The minimum Gasteiger partial charge on any atom is -0.470 e. The number of carbonyl (C=O) groups excluding carboxylic acids is 2. The number of carbonyl (C=O) groups is 2. The molecule has 4 heterocycles. The Morgan fingerprint density at radius 1 is 1.14 bits per heavy atom. The molecule has 0 unspecified atom stereocenters. The molecule has 1 aliphatic rings. The van der Waals surface area contributed by atoms with Crippen LogP contribution in [0.5, 0.6) is 5.75 Å². The molecule has 10 heteroatoms. The first-order valence-corrected chi connectivity index (χ1v) is 13.3. The van der Waals surface area contributed by atoms with Crippen molar-refractivity contribution in [1.82, 2.24) is 19.8 Å². The van der Waals surface area contributed by atoms with Crippen LogP contribution in [0, 0.1) is 5.82 Å². The number of halogens is 1. The summed E-state index contributed by atoms with van der Waals surface area (Å²) in [6.45, 7) is 2.08. The molecule has 2 amide bonds. The highest BCUT2D eigenvalue weighted by atomic mass is 19.1. The lowest BCUT2D eigenvalue weighted by atomic mass is 10.00. The molecule has 0 spiro atoms. The fraction of sp³-hybridized carbons (Fsp3) is 0.156. The second-order valence-corrected chi connectivity index (χ2v) is 9.81. The predicted molar refractivity (Wildman–Crippen MR) is 161 cm³/mol. The molecule has 1 aliphatic heterocycles. The monoisotopic (exact) mass is 565 g/mol. The lowest BCUT2D eigenvalue weighted by Crippen LogP contribution is -2.18. The van der Waals surface area contributed by atoms with E-state index in [0.29, 0.717) is 56.8 Å². The third-order valence-corrected chi connectivity index (χ3v) is 7.40. The maximum absolute atomic E-state index is 14.6. The van der Waals surface area contributed by atoms with Crippen LogP contribution in [0.1, 0.15) is 23.0 Å². The number of ether oxygens (including phenoxy) is 1. The molecule has 2 aromatic carbocycles. The number of allylic oxidation sites excluding steroid dienone is 3. The summed E-state index contributed by atoms with van der Waals surface area (Å²) < 4.78 is 28.8. The van der Waals surface area contributed by atoms with E-state index in [1.54, 1.807) is 45.6 Å². The molecule has 0 fully saturated rings. The Bertz CT molecular complexity index is 1950. The van der Waals surface area contributed by atoms with E-state index in [0.717, 1.165) is 22.5 Å². The molecule has 9 nitrogen and oxygen atoms in total. The molecule has 42 heavy (non-hydrogen) atoms. The van der Waals surface area contributed by atoms with Crippen LogP contribution in [0.2, 0.25) is 0 Å². The van der Waals surface area contributed by atoms with E-state index in [9.17, 15) is 14.0 Å². The number of amides is 2. The van der Waals surface area contributed by atoms with Crippen molar-refractivity contribution in [2.45, 2.75) is 13.7 Å². The first kappa shape index (κ1) is 26.8. The Morgan fingerprint density at radius 2 is 1.98 bits per heavy atom. The number of pyridine rings is 1. The largest absolute Gasteiger partial charge is 0.470 e. The summed E-state index contributed by atoms with van der Waals surface area (Å²) in [6.07, 6.45) is 5.80. The first-order chi connectivity index (χ1) is 20.4. The van der Waals surface area contributed by atoms with Crippen LogP contribution in [-0.2, 0) is 11.5 Å². The zero-order valence-electron chi connectivity index (χ0n) is 23.5. The van der Waals surface area contributed by atoms with Gasteiger partial charge in [0.25, 0.3) is 5.91 Å². The number of furan rings is 1. The van der Waals surface area contributed by atoms with E-state index >= 15 is 0 Å². The topological polar surface area (TPSA) is 102 Å². The van der Waals surface area contributed by atoms with Gasteiger partial charge in [0.05, 0.1) is 22.5 Å². The van der Waals surface area contributed by atoms with E-state index in [1.807, 2.05) is 47.9 Å². The summed E-state index contributed by atoms with van der Waals surface area (Å²) in [5, 5.41) is 7.03. The summed E-state index contributed by atoms with van der Waals surface area (Å²) in [6, 6.07) is 14.2. The van der Waals surface area contributed by atoms with Gasteiger partial charge in [-0.2, -0.15) is 0 Å². The highest BCUT2D eigenvalue weighted by molar-refractivity contribution is 6.12. The van der Waals surface area contributed by atoms with Gasteiger partial charge in [0.1, 0.15) is 28.6 Å². The quantitative estimate of drug-likeness (QED) is 0.185. The second kappa shape index (κ2) is 10.5. The first-order valence-electron chi connectivity index (χ1n) is 13.3. The van der Waals surface area contributed by atoms with E-state index < -0.39 is 0 Å². The van der Waals surface area contributed by atoms with E-state index in [-0.39, 0.29) is 18.5 Å². The van der Waals surface area contributed by atoms with Crippen molar-refractivity contribution in [3.05, 3.63) is 84.0 Å². The lowest BCUT2D eigenvalue weighted by molar-refractivity contribution is -0.114. The molecule has 5 aromatic rings. The fourth-order valence-corrected chi connectivity index (χ4v) is 5.27. The number of hydrogen-bond donors (Lipinski definition) is 2. The van der Waals surface area contributed by atoms with Gasteiger partial charge in [0.15, 0.2) is 6.73 Å². The summed E-state index contributed by atoms with van der Waals surface area (Å²) >= 11 is 0. The summed E-state index contributed by atoms with van der Waals surface area (Å²) in [4.78, 5) is 30.6. The van der Waals surface area contributed by atoms with Crippen LogP contribution in [0.4, 0.5) is 10.1 Å². The van der Waals surface area contributed by atoms with Crippen LogP contribution in [0.15, 0.2) is 71.3 Å². The molecule has 0 atom stereocenters. The highest BCUT2D eigenvalue weighted by Crippen LogP contribution is 2.42. The zero-order valence-corrected chi connectivity index (χ0v) is 23.5. The number of benzene rings is 2. The second-order valence-electron chi connectivity index (χ2n) is 9.81. The number of aromatic nitrogens is 2. The highest BCUT2D eigenvalue weighted by Gasteiger charge is 2.26. The average Bonchev–Trinajstić information content (AvgIpc) is 3.59. The van der Waals surface area contributed by atoms with Gasteiger partial charge in [0.2, 0.25) is 6.41 Å². The van der Waals surface area contributed by atoms with Crippen LogP contribution >= 0.6 is 0 Å². The van der Waals surface area contributed by atoms with Crippen molar-refractivity contribution >= 4 is 45.4 Å². The zero-order chi connectivity index (χ0) is 29.5. The maximum atomic E-state index is 14.6.